The fraction of sp³-hybridized carbons (Fsp3) is 0.444. The third kappa shape index (κ3) is 4.02. The van der Waals surface area contributed by atoms with Crippen LogP contribution in [-0.4, -0.2) is 41.5 Å². The van der Waals surface area contributed by atoms with E-state index in [1.54, 1.807) is 25.3 Å². The predicted molar refractivity (Wildman–Crippen MR) is 101 cm³/mol. The van der Waals surface area contributed by atoms with Gasteiger partial charge < -0.3 is 4.74 Å². The van der Waals surface area contributed by atoms with E-state index in [0.29, 0.717) is 24.5 Å². The van der Waals surface area contributed by atoms with E-state index in [0.717, 1.165) is 11.3 Å². The van der Waals surface area contributed by atoms with Crippen molar-refractivity contribution in [3.8, 4) is 0 Å². The molecule has 27 heavy (non-hydrogen) atoms. The lowest BCUT2D eigenvalue weighted by molar-refractivity contribution is -0.143. The molecule has 2 heterocycles. The summed E-state index contributed by atoms with van der Waals surface area (Å²) in [5.41, 5.74) is 1.75. The summed E-state index contributed by atoms with van der Waals surface area (Å²) >= 11 is 5.90. The Kier molecular flexibility index (Phi) is 5.88. The molecule has 1 aromatic carbocycles. The molecule has 7 nitrogen and oxygen atoms in total. The van der Waals surface area contributed by atoms with Gasteiger partial charge in [0, 0.05) is 35.2 Å². The van der Waals surface area contributed by atoms with Gasteiger partial charge in [-0.25, -0.2) is 8.42 Å². The zero-order valence-electron chi connectivity index (χ0n) is 15.2. The molecule has 1 aliphatic rings. The second kappa shape index (κ2) is 8.00. The SMILES string of the molecule is CCOC(=O)CCC1Cc2[nH]ncc2C(C)N1S(=O)(=O)c1ccc(Cl)cc1. The molecule has 0 amide bonds. The van der Waals surface area contributed by atoms with Crippen molar-refractivity contribution in [3.05, 3.63) is 46.7 Å². The topological polar surface area (TPSA) is 92.4 Å². The average molecular weight is 412 g/mol. The van der Waals surface area contributed by atoms with Gasteiger partial charge in [0.2, 0.25) is 10.0 Å². The van der Waals surface area contributed by atoms with Gasteiger partial charge in [-0.3, -0.25) is 9.89 Å². The van der Waals surface area contributed by atoms with Gasteiger partial charge in [-0.2, -0.15) is 9.40 Å². The van der Waals surface area contributed by atoms with E-state index in [-0.39, 0.29) is 23.3 Å². The number of nitrogens with one attached hydrogen (secondary N) is 1. The van der Waals surface area contributed by atoms with Crippen LogP contribution >= 0.6 is 11.6 Å². The summed E-state index contributed by atoms with van der Waals surface area (Å²) < 4.78 is 33.2. The van der Waals surface area contributed by atoms with E-state index in [1.165, 1.54) is 16.4 Å². The van der Waals surface area contributed by atoms with Crippen LogP contribution < -0.4 is 0 Å². The van der Waals surface area contributed by atoms with Gasteiger partial charge in [0.15, 0.2) is 0 Å². The summed E-state index contributed by atoms with van der Waals surface area (Å²) in [7, 11) is -3.78. The molecule has 0 aliphatic carbocycles. The summed E-state index contributed by atoms with van der Waals surface area (Å²) in [6.07, 6.45) is 2.65. The largest absolute Gasteiger partial charge is 0.466 e. The number of aromatic amines is 1. The molecule has 0 fully saturated rings. The number of benzene rings is 1. The van der Waals surface area contributed by atoms with Gasteiger partial charge in [0.1, 0.15) is 0 Å². The number of rotatable bonds is 6. The van der Waals surface area contributed by atoms with E-state index < -0.39 is 16.1 Å². The smallest absolute Gasteiger partial charge is 0.305 e. The molecule has 1 aliphatic heterocycles. The first-order valence-corrected chi connectivity index (χ1v) is 10.6. The molecule has 1 N–H and O–H groups in total. The minimum absolute atomic E-state index is 0.154. The monoisotopic (exact) mass is 411 g/mol. The van der Waals surface area contributed by atoms with Crippen molar-refractivity contribution in [2.24, 2.45) is 0 Å². The average Bonchev–Trinajstić information content (AvgIpc) is 3.09. The van der Waals surface area contributed by atoms with Crippen LogP contribution in [0.15, 0.2) is 35.4 Å². The van der Waals surface area contributed by atoms with Crippen molar-refractivity contribution in [2.45, 2.75) is 50.1 Å². The first kappa shape index (κ1) is 19.9. The molecule has 9 heteroatoms. The fourth-order valence-corrected chi connectivity index (χ4v) is 5.46. The number of carbonyl (C=O) groups excluding carboxylic acids is 1. The number of hydrogen-bond donors (Lipinski definition) is 1. The van der Waals surface area contributed by atoms with Crippen molar-refractivity contribution in [2.75, 3.05) is 6.61 Å². The lowest BCUT2D eigenvalue weighted by Gasteiger charge is -2.39. The molecule has 0 bridgehead atoms. The number of halogens is 1. The Labute approximate surface area is 163 Å². The molecule has 0 spiro atoms. The van der Waals surface area contributed by atoms with E-state index in [1.807, 2.05) is 6.92 Å². The Morgan fingerprint density at radius 3 is 2.74 bits per heavy atom. The van der Waals surface area contributed by atoms with Crippen LogP contribution in [0.25, 0.3) is 0 Å². The van der Waals surface area contributed by atoms with Crippen LogP contribution in [0.4, 0.5) is 0 Å². The normalized spacial score (nSPS) is 20.3. The number of esters is 1. The molecule has 2 atom stereocenters. The Bertz CT molecular complexity index is 911. The number of H-pyrrole nitrogens is 1. The lowest BCUT2D eigenvalue weighted by Crippen LogP contribution is -2.46. The van der Waals surface area contributed by atoms with Crippen LogP contribution in [0.3, 0.4) is 0 Å². The van der Waals surface area contributed by atoms with Crippen molar-refractivity contribution in [1.82, 2.24) is 14.5 Å². The zero-order chi connectivity index (χ0) is 19.6. The first-order chi connectivity index (χ1) is 12.8. The molecule has 2 aromatic rings. The maximum atomic E-state index is 13.4. The van der Waals surface area contributed by atoms with Gasteiger partial charge in [0.05, 0.1) is 23.7 Å². The summed E-state index contributed by atoms with van der Waals surface area (Å²) in [6, 6.07) is 5.33. The second-order valence-electron chi connectivity index (χ2n) is 6.47. The number of aromatic nitrogens is 2. The lowest BCUT2D eigenvalue weighted by atomic mass is 9.94. The van der Waals surface area contributed by atoms with Crippen LogP contribution in [0.5, 0.6) is 0 Å². The summed E-state index contributed by atoms with van der Waals surface area (Å²) in [5.74, 6) is -0.329. The molecule has 0 saturated carbocycles. The molecule has 1 aromatic heterocycles. The van der Waals surface area contributed by atoms with Gasteiger partial charge in [0.25, 0.3) is 0 Å². The van der Waals surface area contributed by atoms with E-state index in [2.05, 4.69) is 10.2 Å². The Morgan fingerprint density at radius 1 is 1.37 bits per heavy atom. The molecular weight excluding hydrogens is 390 g/mol. The van der Waals surface area contributed by atoms with Gasteiger partial charge >= 0.3 is 5.97 Å². The third-order valence-corrected chi connectivity index (χ3v) is 7.05. The van der Waals surface area contributed by atoms with Gasteiger partial charge in [-0.15, -0.1) is 0 Å². The summed E-state index contributed by atoms with van der Waals surface area (Å²) in [5, 5.41) is 7.47. The minimum atomic E-state index is -3.78. The van der Waals surface area contributed by atoms with E-state index >= 15 is 0 Å². The van der Waals surface area contributed by atoms with Crippen LogP contribution in [0, 0.1) is 0 Å². The van der Waals surface area contributed by atoms with Crippen molar-refractivity contribution in [1.29, 1.82) is 0 Å². The zero-order valence-corrected chi connectivity index (χ0v) is 16.8. The molecule has 146 valence electrons. The molecule has 0 radical (unpaired) electrons. The molecular formula is C18H22ClN3O4S. The molecule has 2 unspecified atom stereocenters. The second-order valence-corrected chi connectivity index (χ2v) is 8.75. The number of hydrogen-bond acceptors (Lipinski definition) is 5. The number of carbonyl (C=O) groups is 1. The van der Waals surface area contributed by atoms with E-state index in [4.69, 9.17) is 16.3 Å². The highest BCUT2D eigenvalue weighted by Crippen LogP contribution is 2.38. The van der Waals surface area contributed by atoms with Gasteiger partial charge in [-0.05, 0) is 44.5 Å². The third-order valence-electron chi connectivity index (χ3n) is 4.76. The fourth-order valence-electron chi connectivity index (χ4n) is 3.50. The van der Waals surface area contributed by atoms with Crippen molar-refractivity contribution in [3.63, 3.8) is 0 Å². The highest BCUT2D eigenvalue weighted by molar-refractivity contribution is 7.89. The van der Waals surface area contributed by atoms with E-state index in [9.17, 15) is 13.2 Å². The van der Waals surface area contributed by atoms with Crippen LogP contribution in [0.2, 0.25) is 5.02 Å². The number of sulfonamides is 1. The van der Waals surface area contributed by atoms with Gasteiger partial charge in [-0.1, -0.05) is 11.6 Å². The predicted octanol–water partition coefficient (Wildman–Crippen LogP) is 3.08. The molecule has 3 rings (SSSR count). The Morgan fingerprint density at radius 2 is 2.07 bits per heavy atom. The van der Waals surface area contributed by atoms with Crippen LogP contribution in [0.1, 0.15) is 44.0 Å². The van der Waals surface area contributed by atoms with Crippen molar-refractivity contribution < 1.29 is 17.9 Å². The first-order valence-electron chi connectivity index (χ1n) is 8.81. The van der Waals surface area contributed by atoms with Crippen LogP contribution in [-0.2, 0) is 26.0 Å². The maximum Gasteiger partial charge on any atom is 0.305 e. The highest BCUT2D eigenvalue weighted by atomic mass is 35.5. The molecule has 0 saturated heterocycles. The highest BCUT2D eigenvalue weighted by Gasteiger charge is 2.41. The Hall–Kier alpha value is -1.90. The number of nitrogens with zero attached hydrogens (tertiary/aromatic N) is 2. The van der Waals surface area contributed by atoms with Crippen molar-refractivity contribution >= 4 is 27.6 Å². The number of ether oxygens (including phenoxy) is 1. The standard InChI is InChI=1S/C18H22ClN3O4S/c1-3-26-18(23)9-6-14-10-17-16(11-20-21-17)12(2)22(14)27(24,25)15-7-4-13(19)5-8-15/h4-5,7-8,11-12,14H,3,6,9-10H2,1-2H3,(H,20,21). The summed E-state index contributed by atoms with van der Waals surface area (Å²) in [4.78, 5) is 12.0. The Balaban J connectivity index is 1.94. The minimum Gasteiger partial charge on any atom is -0.466 e. The summed E-state index contributed by atoms with van der Waals surface area (Å²) in [6.45, 7) is 3.88. The maximum absolute atomic E-state index is 13.4. The quantitative estimate of drug-likeness (QED) is 0.737. The number of fused-ring (bicyclic) bond motifs is 1.